The summed E-state index contributed by atoms with van der Waals surface area (Å²) in [6.45, 7) is 0. The molecule has 0 radical (unpaired) electrons. The van der Waals surface area contributed by atoms with Crippen molar-refractivity contribution < 1.29 is 4.74 Å². The Morgan fingerprint density at radius 2 is 2.42 bits per heavy atom. The SMILES string of the molecule is CO[C@H]1C[C@H](n2cc(I)cn2)C1. The molecule has 0 spiro atoms. The van der Waals surface area contributed by atoms with Crippen LogP contribution in [0, 0.1) is 3.57 Å². The summed E-state index contributed by atoms with van der Waals surface area (Å²) in [5.41, 5.74) is 0. The Labute approximate surface area is 85.2 Å². The summed E-state index contributed by atoms with van der Waals surface area (Å²) in [7, 11) is 1.77. The highest BCUT2D eigenvalue weighted by Gasteiger charge is 2.30. The molecular weight excluding hydrogens is 267 g/mol. The van der Waals surface area contributed by atoms with Gasteiger partial charge in [0.25, 0.3) is 0 Å². The third-order valence-corrected chi connectivity index (χ3v) is 2.90. The Balaban J connectivity index is 1.96. The van der Waals surface area contributed by atoms with Crippen LogP contribution in [0.15, 0.2) is 12.4 Å². The zero-order chi connectivity index (χ0) is 8.55. The van der Waals surface area contributed by atoms with Crippen molar-refractivity contribution in [1.29, 1.82) is 0 Å². The number of methoxy groups -OCH3 is 1. The lowest BCUT2D eigenvalue weighted by molar-refractivity contribution is 0.00247. The lowest BCUT2D eigenvalue weighted by Gasteiger charge is -2.33. The molecule has 1 aliphatic carbocycles. The highest BCUT2D eigenvalue weighted by molar-refractivity contribution is 14.1. The van der Waals surface area contributed by atoms with Crippen LogP contribution in [0.25, 0.3) is 0 Å². The summed E-state index contributed by atoms with van der Waals surface area (Å²) in [5, 5.41) is 4.26. The maximum atomic E-state index is 5.20. The Morgan fingerprint density at radius 3 is 2.92 bits per heavy atom. The fourth-order valence-electron chi connectivity index (χ4n) is 1.46. The Hall–Kier alpha value is -0.100. The van der Waals surface area contributed by atoms with Crippen LogP contribution < -0.4 is 0 Å². The highest BCUT2D eigenvalue weighted by atomic mass is 127. The molecule has 1 saturated carbocycles. The highest BCUT2D eigenvalue weighted by Crippen LogP contribution is 2.33. The molecule has 2 rings (SSSR count). The largest absolute Gasteiger partial charge is 0.381 e. The Morgan fingerprint density at radius 1 is 1.67 bits per heavy atom. The van der Waals surface area contributed by atoms with Crippen molar-refractivity contribution in [2.75, 3.05) is 7.11 Å². The summed E-state index contributed by atoms with van der Waals surface area (Å²) in [5.74, 6) is 0. The first-order valence-electron chi connectivity index (χ1n) is 4.02. The van der Waals surface area contributed by atoms with Gasteiger partial charge in [0.05, 0.1) is 21.9 Å². The number of ether oxygens (including phenoxy) is 1. The minimum atomic E-state index is 0.455. The normalized spacial score (nSPS) is 28.5. The molecule has 0 amide bonds. The first-order chi connectivity index (χ1) is 5.79. The van der Waals surface area contributed by atoms with Gasteiger partial charge in [-0.25, -0.2) is 0 Å². The number of hydrogen-bond donors (Lipinski definition) is 0. The van der Waals surface area contributed by atoms with Gasteiger partial charge < -0.3 is 4.74 Å². The fraction of sp³-hybridized carbons (Fsp3) is 0.625. The molecule has 0 aliphatic heterocycles. The maximum Gasteiger partial charge on any atom is 0.0623 e. The average Bonchev–Trinajstić information content (AvgIpc) is 2.34. The van der Waals surface area contributed by atoms with Crippen molar-refractivity contribution in [3.63, 3.8) is 0 Å². The van der Waals surface area contributed by atoms with Gasteiger partial charge in [0.1, 0.15) is 0 Å². The van der Waals surface area contributed by atoms with Crippen LogP contribution in [0.2, 0.25) is 0 Å². The maximum absolute atomic E-state index is 5.20. The van der Waals surface area contributed by atoms with E-state index in [0.717, 1.165) is 12.8 Å². The number of nitrogens with zero attached hydrogens (tertiary/aromatic N) is 2. The molecule has 66 valence electrons. The van der Waals surface area contributed by atoms with Crippen molar-refractivity contribution >= 4 is 22.6 Å². The van der Waals surface area contributed by atoms with Gasteiger partial charge in [0.15, 0.2) is 0 Å². The van der Waals surface area contributed by atoms with E-state index < -0.39 is 0 Å². The Kier molecular flexibility index (Phi) is 2.36. The third-order valence-electron chi connectivity index (χ3n) is 2.35. The van der Waals surface area contributed by atoms with Crippen molar-refractivity contribution in [1.82, 2.24) is 9.78 Å². The summed E-state index contributed by atoms with van der Waals surface area (Å²) >= 11 is 2.27. The number of hydrogen-bond acceptors (Lipinski definition) is 2. The van der Waals surface area contributed by atoms with Crippen LogP contribution in [0.1, 0.15) is 18.9 Å². The van der Waals surface area contributed by atoms with E-state index >= 15 is 0 Å². The van der Waals surface area contributed by atoms with E-state index in [1.807, 2.05) is 10.9 Å². The van der Waals surface area contributed by atoms with Crippen molar-refractivity contribution in [2.45, 2.75) is 25.0 Å². The van der Waals surface area contributed by atoms with E-state index in [1.165, 1.54) is 3.57 Å². The van der Waals surface area contributed by atoms with Crippen molar-refractivity contribution in [3.8, 4) is 0 Å². The number of rotatable bonds is 2. The molecule has 0 unspecified atom stereocenters. The summed E-state index contributed by atoms with van der Waals surface area (Å²) in [6.07, 6.45) is 6.64. The molecule has 1 fully saturated rings. The van der Waals surface area contributed by atoms with Crippen LogP contribution >= 0.6 is 22.6 Å². The fourth-order valence-corrected chi connectivity index (χ4v) is 1.87. The number of aromatic nitrogens is 2. The van der Waals surface area contributed by atoms with Crippen LogP contribution in [0.3, 0.4) is 0 Å². The topological polar surface area (TPSA) is 27.1 Å². The lowest BCUT2D eigenvalue weighted by Crippen LogP contribution is -2.32. The number of halogens is 1. The van der Waals surface area contributed by atoms with E-state index in [9.17, 15) is 0 Å². The monoisotopic (exact) mass is 278 g/mol. The molecule has 1 aromatic heterocycles. The van der Waals surface area contributed by atoms with E-state index in [2.05, 4.69) is 33.9 Å². The molecule has 12 heavy (non-hydrogen) atoms. The standard InChI is InChI=1S/C8H11IN2O/c1-12-8-2-7(3-8)11-5-6(9)4-10-11/h4-5,7-8H,2-3H2,1H3/t7-,8-. The summed E-state index contributed by atoms with van der Waals surface area (Å²) in [6, 6.07) is 0.568. The summed E-state index contributed by atoms with van der Waals surface area (Å²) < 4.78 is 8.44. The second-order valence-corrected chi connectivity index (χ2v) is 4.37. The first-order valence-corrected chi connectivity index (χ1v) is 5.10. The molecule has 0 aromatic carbocycles. The minimum absolute atomic E-state index is 0.455. The van der Waals surface area contributed by atoms with Crippen LogP contribution in [0.4, 0.5) is 0 Å². The first kappa shape index (κ1) is 8.50. The summed E-state index contributed by atoms with van der Waals surface area (Å²) in [4.78, 5) is 0. The lowest BCUT2D eigenvalue weighted by atomic mass is 9.89. The molecule has 1 aliphatic rings. The van der Waals surface area contributed by atoms with Gasteiger partial charge in [-0.2, -0.15) is 5.10 Å². The van der Waals surface area contributed by atoms with Gasteiger partial charge in [0, 0.05) is 13.3 Å². The van der Waals surface area contributed by atoms with Crippen LogP contribution in [0.5, 0.6) is 0 Å². The van der Waals surface area contributed by atoms with Gasteiger partial charge in [-0.05, 0) is 35.4 Å². The molecule has 0 N–H and O–H groups in total. The average molecular weight is 278 g/mol. The van der Waals surface area contributed by atoms with Crippen molar-refractivity contribution in [3.05, 3.63) is 16.0 Å². The minimum Gasteiger partial charge on any atom is -0.381 e. The van der Waals surface area contributed by atoms with E-state index in [-0.39, 0.29) is 0 Å². The van der Waals surface area contributed by atoms with Crippen LogP contribution in [-0.2, 0) is 4.74 Å². The van der Waals surface area contributed by atoms with Crippen LogP contribution in [-0.4, -0.2) is 23.0 Å². The zero-order valence-electron chi connectivity index (χ0n) is 6.90. The molecule has 1 heterocycles. The molecule has 1 aromatic rings. The zero-order valence-corrected chi connectivity index (χ0v) is 9.06. The molecule has 0 atom stereocenters. The molecular formula is C8H11IN2O. The van der Waals surface area contributed by atoms with Crippen molar-refractivity contribution in [2.24, 2.45) is 0 Å². The van der Waals surface area contributed by atoms with Gasteiger partial charge in [0.2, 0.25) is 0 Å². The molecule has 0 saturated heterocycles. The van der Waals surface area contributed by atoms with Gasteiger partial charge in [-0.15, -0.1) is 0 Å². The third kappa shape index (κ3) is 1.50. The smallest absolute Gasteiger partial charge is 0.0623 e. The Bertz CT molecular complexity index is 268. The van der Waals surface area contributed by atoms with Gasteiger partial charge >= 0.3 is 0 Å². The second kappa shape index (κ2) is 3.33. The quantitative estimate of drug-likeness (QED) is 0.772. The van der Waals surface area contributed by atoms with E-state index in [4.69, 9.17) is 4.74 Å². The van der Waals surface area contributed by atoms with E-state index in [0.29, 0.717) is 12.1 Å². The predicted molar refractivity (Wildman–Crippen MR) is 54.0 cm³/mol. The molecule has 4 heteroatoms. The molecule has 3 nitrogen and oxygen atoms in total. The van der Waals surface area contributed by atoms with Gasteiger partial charge in [-0.3, -0.25) is 4.68 Å². The van der Waals surface area contributed by atoms with E-state index in [1.54, 1.807) is 7.11 Å². The predicted octanol–water partition coefficient (Wildman–Crippen LogP) is 1.84. The second-order valence-electron chi connectivity index (χ2n) is 3.12. The molecule has 0 bridgehead atoms. The van der Waals surface area contributed by atoms with Gasteiger partial charge in [-0.1, -0.05) is 0 Å².